The Morgan fingerprint density at radius 1 is 1.32 bits per heavy atom. The lowest BCUT2D eigenvalue weighted by atomic mass is 10.1. The lowest BCUT2D eigenvalue weighted by molar-refractivity contribution is -0.119. The molecule has 1 atom stereocenters. The van der Waals surface area contributed by atoms with Gasteiger partial charge in [-0.25, -0.2) is 0 Å². The zero-order chi connectivity index (χ0) is 18.0. The van der Waals surface area contributed by atoms with E-state index in [4.69, 9.17) is 10.3 Å². The lowest BCUT2D eigenvalue weighted by Crippen LogP contribution is -2.39. The Kier molecular flexibility index (Phi) is 4.51. The molecular formula is C17H19N5O3. The number of para-hydroxylation sites is 1. The maximum Gasteiger partial charge on any atom is 0.267 e. The van der Waals surface area contributed by atoms with Crippen molar-refractivity contribution < 1.29 is 14.1 Å². The van der Waals surface area contributed by atoms with Gasteiger partial charge in [0.1, 0.15) is 17.5 Å². The number of aromatic nitrogens is 1. The van der Waals surface area contributed by atoms with Crippen LogP contribution in [0.4, 0.5) is 5.69 Å². The number of rotatable bonds is 5. The first-order chi connectivity index (χ1) is 12.0. The topological polar surface area (TPSA) is 114 Å². The summed E-state index contributed by atoms with van der Waals surface area (Å²) in [4.78, 5) is 24.2. The Bertz CT molecular complexity index is 809. The van der Waals surface area contributed by atoms with Crippen LogP contribution >= 0.6 is 0 Å². The van der Waals surface area contributed by atoms with Crippen molar-refractivity contribution in [2.75, 3.05) is 5.01 Å². The highest BCUT2D eigenvalue weighted by Gasteiger charge is 2.34. The van der Waals surface area contributed by atoms with E-state index in [2.05, 4.69) is 15.6 Å². The van der Waals surface area contributed by atoms with E-state index in [1.807, 2.05) is 37.3 Å². The van der Waals surface area contributed by atoms with E-state index in [1.165, 1.54) is 5.01 Å². The lowest BCUT2D eigenvalue weighted by Gasteiger charge is -2.20. The van der Waals surface area contributed by atoms with Crippen molar-refractivity contribution in [3.8, 4) is 0 Å². The average Bonchev–Trinajstić information content (AvgIpc) is 3.18. The van der Waals surface area contributed by atoms with Crippen molar-refractivity contribution in [1.29, 1.82) is 0 Å². The van der Waals surface area contributed by atoms with E-state index in [1.54, 1.807) is 6.92 Å². The molecule has 3 rings (SSSR count). The third-order valence-electron chi connectivity index (χ3n) is 4.13. The molecule has 2 amide bonds. The Morgan fingerprint density at radius 3 is 2.64 bits per heavy atom. The smallest absolute Gasteiger partial charge is 0.267 e. The molecule has 0 aliphatic carbocycles. The first-order valence-corrected chi connectivity index (χ1v) is 7.88. The SMILES string of the molecule is Cc1noc(C)c1CNC(=O)C1=NN(c2ccccc2)[C@H](C(N)=O)C1. The molecule has 1 aromatic heterocycles. The number of hydrogen-bond donors (Lipinski definition) is 2. The first kappa shape index (κ1) is 16.7. The van der Waals surface area contributed by atoms with Crippen molar-refractivity contribution in [3.05, 3.63) is 47.3 Å². The number of nitrogens with zero attached hydrogens (tertiary/aromatic N) is 3. The Labute approximate surface area is 144 Å². The predicted octanol–water partition coefficient (Wildman–Crippen LogP) is 1.03. The molecule has 0 unspecified atom stereocenters. The van der Waals surface area contributed by atoms with Gasteiger partial charge >= 0.3 is 0 Å². The van der Waals surface area contributed by atoms with Gasteiger partial charge in [-0.15, -0.1) is 0 Å². The van der Waals surface area contributed by atoms with Gasteiger partial charge < -0.3 is 15.6 Å². The summed E-state index contributed by atoms with van der Waals surface area (Å²) in [6, 6.07) is 8.47. The Balaban J connectivity index is 1.75. The standard InChI is InChI=1S/C17H19N5O3/c1-10-13(11(2)25-21-10)9-19-17(24)14-8-15(16(18)23)22(20-14)12-6-4-3-5-7-12/h3-7,15H,8-9H2,1-2H3,(H2,18,23)(H,19,24)/t15-/m0/s1. The second-order valence-corrected chi connectivity index (χ2v) is 5.83. The van der Waals surface area contributed by atoms with Crippen molar-refractivity contribution in [1.82, 2.24) is 10.5 Å². The molecule has 0 spiro atoms. The fourth-order valence-corrected chi connectivity index (χ4v) is 2.71. The van der Waals surface area contributed by atoms with Gasteiger partial charge in [0.25, 0.3) is 5.91 Å². The number of benzene rings is 1. The first-order valence-electron chi connectivity index (χ1n) is 7.88. The maximum absolute atomic E-state index is 12.4. The Hall–Kier alpha value is -3.16. The van der Waals surface area contributed by atoms with E-state index < -0.39 is 11.9 Å². The minimum Gasteiger partial charge on any atom is -0.368 e. The van der Waals surface area contributed by atoms with Crippen LogP contribution < -0.4 is 16.1 Å². The molecule has 1 aromatic carbocycles. The monoisotopic (exact) mass is 341 g/mol. The molecule has 25 heavy (non-hydrogen) atoms. The van der Waals surface area contributed by atoms with E-state index in [0.717, 1.165) is 11.3 Å². The van der Waals surface area contributed by atoms with Gasteiger partial charge in [0.15, 0.2) is 0 Å². The van der Waals surface area contributed by atoms with Gasteiger partial charge in [-0.3, -0.25) is 14.6 Å². The summed E-state index contributed by atoms with van der Waals surface area (Å²) in [5, 5.41) is 12.4. The van der Waals surface area contributed by atoms with Crippen LogP contribution in [0.15, 0.2) is 40.0 Å². The number of hydrogen-bond acceptors (Lipinski definition) is 6. The minimum atomic E-state index is -0.679. The summed E-state index contributed by atoms with van der Waals surface area (Å²) >= 11 is 0. The highest BCUT2D eigenvalue weighted by Crippen LogP contribution is 2.24. The molecule has 0 bridgehead atoms. The Morgan fingerprint density at radius 2 is 2.04 bits per heavy atom. The summed E-state index contributed by atoms with van der Waals surface area (Å²) in [6.45, 7) is 3.88. The molecule has 8 heteroatoms. The average molecular weight is 341 g/mol. The molecule has 1 aliphatic heterocycles. The minimum absolute atomic E-state index is 0.164. The molecule has 8 nitrogen and oxygen atoms in total. The van der Waals surface area contributed by atoms with E-state index >= 15 is 0 Å². The second-order valence-electron chi connectivity index (χ2n) is 5.83. The summed E-state index contributed by atoms with van der Waals surface area (Å²) < 4.78 is 5.08. The summed E-state index contributed by atoms with van der Waals surface area (Å²) in [5.41, 5.74) is 8.00. The largest absolute Gasteiger partial charge is 0.368 e. The molecule has 3 N–H and O–H groups in total. The molecule has 2 aromatic rings. The molecule has 0 saturated carbocycles. The van der Waals surface area contributed by atoms with Gasteiger partial charge in [0.2, 0.25) is 5.91 Å². The number of nitrogens with two attached hydrogens (primary N) is 1. The molecule has 2 heterocycles. The van der Waals surface area contributed by atoms with Gasteiger partial charge in [-0.05, 0) is 26.0 Å². The van der Waals surface area contributed by atoms with Crippen LogP contribution in [0.5, 0.6) is 0 Å². The fourth-order valence-electron chi connectivity index (χ4n) is 2.71. The van der Waals surface area contributed by atoms with Crippen LogP contribution in [0, 0.1) is 13.8 Å². The number of amides is 2. The molecular weight excluding hydrogens is 322 g/mol. The van der Waals surface area contributed by atoms with Gasteiger partial charge in [0.05, 0.1) is 11.4 Å². The van der Waals surface area contributed by atoms with Crippen LogP contribution in [0.2, 0.25) is 0 Å². The maximum atomic E-state index is 12.4. The number of hydrazone groups is 1. The number of nitrogens with one attached hydrogen (secondary N) is 1. The number of carbonyl (C=O) groups is 2. The normalized spacial score (nSPS) is 16.6. The third-order valence-corrected chi connectivity index (χ3v) is 4.13. The van der Waals surface area contributed by atoms with E-state index in [-0.39, 0.29) is 24.6 Å². The van der Waals surface area contributed by atoms with Gasteiger partial charge in [-0.2, -0.15) is 5.10 Å². The van der Waals surface area contributed by atoms with Crippen LogP contribution in [0.25, 0.3) is 0 Å². The molecule has 0 saturated heterocycles. The molecule has 130 valence electrons. The quantitative estimate of drug-likeness (QED) is 0.843. The molecule has 1 aliphatic rings. The van der Waals surface area contributed by atoms with Gasteiger partial charge in [-0.1, -0.05) is 23.4 Å². The van der Waals surface area contributed by atoms with Crippen molar-refractivity contribution in [3.63, 3.8) is 0 Å². The highest BCUT2D eigenvalue weighted by atomic mass is 16.5. The number of carbonyl (C=O) groups excluding carboxylic acids is 2. The highest BCUT2D eigenvalue weighted by molar-refractivity contribution is 6.40. The van der Waals surface area contributed by atoms with Crippen LogP contribution in [-0.2, 0) is 16.1 Å². The molecule has 0 fully saturated rings. The number of aryl methyl sites for hydroxylation is 2. The second kappa shape index (κ2) is 6.76. The van der Waals surface area contributed by atoms with E-state index in [0.29, 0.717) is 11.4 Å². The zero-order valence-electron chi connectivity index (χ0n) is 14.0. The third kappa shape index (κ3) is 3.37. The van der Waals surface area contributed by atoms with Crippen molar-refractivity contribution in [2.24, 2.45) is 10.8 Å². The number of anilines is 1. The fraction of sp³-hybridized carbons (Fsp3) is 0.294. The van der Waals surface area contributed by atoms with Crippen LogP contribution in [0.1, 0.15) is 23.4 Å². The zero-order valence-corrected chi connectivity index (χ0v) is 14.0. The van der Waals surface area contributed by atoms with Crippen LogP contribution in [0.3, 0.4) is 0 Å². The summed E-state index contributed by atoms with van der Waals surface area (Å²) in [6.07, 6.45) is 0.164. The predicted molar refractivity (Wildman–Crippen MR) is 91.8 cm³/mol. The van der Waals surface area contributed by atoms with Crippen molar-refractivity contribution in [2.45, 2.75) is 32.9 Å². The van der Waals surface area contributed by atoms with Crippen molar-refractivity contribution >= 4 is 23.2 Å². The van der Waals surface area contributed by atoms with E-state index in [9.17, 15) is 9.59 Å². The number of primary amides is 1. The van der Waals surface area contributed by atoms with Gasteiger partial charge in [0, 0.05) is 18.5 Å². The molecule has 0 radical (unpaired) electrons. The summed E-state index contributed by atoms with van der Waals surface area (Å²) in [7, 11) is 0. The van der Waals surface area contributed by atoms with Crippen LogP contribution in [-0.4, -0.2) is 28.7 Å². The summed E-state index contributed by atoms with van der Waals surface area (Å²) in [5.74, 6) is -0.210.